The molecule has 0 unspecified atom stereocenters. The van der Waals surface area contributed by atoms with Crippen molar-refractivity contribution >= 4 is 27.5 Å². The number of hydrogen-bond donors (Lipinski definition) is 1. The molecule has 2 amide bonds. The maximum atomic E-state index is 12.4. The highest BCUT2D eigenvalue weighted by Crippen LogP contribution is 2.15. The van der Waals surface area contributed by atoms with Crippen LogP contribution in [0.3, 0.4) is 0 Å². The van der Waals surface area contributed by atoms with E-state index in [-0.39, 0.29) is 30.5 Å². The van der Waals surface area contributed by atoms with Gasteiger partial charge in [-0.15, -0.1) is 0 Å². The normalized spacial score (nSPS) is 17.2. The molecule has 0 aliphatic carbocycles. The number of rotatable bonds is 2. The van der Waals surface area contributed by atoms with Gasteiger partial charge < -0.3 is 9.64 Å². The van der Waals surface area contributed by atoms with E-state index in [0.717, 1.165) is 0 Å². The Morgan fingerprint density at radius 3 is 2.12 bits per heavy atom. The Morgan fingerprint density at radius 2 is 1.62 bits per heavy atom. The number of amides is 2. The topological polar surface area (TPSA) is 92.8 Å². The first-order valence-corrected chi connectivity index (χ1v) is 9.48. The van der Waals surface area contributed by atoms with Crippen LogP contribution in [0.15, 0.2) is 24.3 Å². The van der Waals surface area contributed by atoms with E-state index < -0.39 is 21.5 Å². The van der Waals surface area contributed by atoms with Gasteiger partial charge in [-0.25, -0.2) is 13.2 Å². The number of carbonyl (C=O) groups is 2. The minimum absolute atomic E-state index is 0.00295. The second-order valence-corrected chi connectivity index (χ2v) is 8.95. The summed E-state index contributed by atoms with van der Waals surface area (Å²) in [4.78, 5) is 25.6. The van der Waals surface area contributed by atoms with Crippen LogP contribution in [0.5, 0.6) is 0 Å². The molecule has 1 N–H and O–H groups in total. The second-order valence-electron chi connectivity index (χ2n) is 6.65. The van der Waals surface area contributed by atoms with Crippen molar-refractivity contribution in [2.75, 3.05) is 29.9 Å². The molecule has 1 aliphatic heterocycles. The molecule has 0 aromatic heterocycles. The summed E-state index contributed by atoms with van der Waals surface area (Å²) in [6.45, 7) is 5.73. The largest absolute Gasteiger partial charge is 0.444 e. The zero-order valence-corrected chi connectivity index (χ0v) is 14.9. The van der Waals surface area contributed by atoms with Crippen LogP contribution in [-0.4, -0.2) is 55.5 Å². The molecule has 24 heavy (non-hydrogen) atoms. The molecule has 1 saturated heterocycles. The van der Waals surface area contributed by atoms with E-state index in [1.807, 2.05) is 0 Å². The highest BCUT2D eigenvalue weighted by atomic mass is 32.2. The molecule has 7 nitrogen and oxygen atoms in total. The Bertz CT molecular complexity index is 706. The average Bonchev–Trinajstić information content (AvgIpc) is 2.45. The minimum Gasteiger partial charge on any atom is -0.444 e. The van der Waals surface area contributed by atoms with Crippen LogP contribution in [0.25, 0.3) is 0 Å². The number of sulfone groups is 1. The molecule has 1 aromatic rings. The summed E-state index contributed by atoms with van der Waals surface area (Å²) in [7, 11) is -3.02. The van der Waals surface area contributed by atoms with Gasteiger partial charge in [0.05, 0.1) is 11.5 Å². The predicted molar refractivity (Wildman–Crippen MR) is 90.9 cm³/mol. The minimum atomic E-state index is -3.02. The van der Waals surface area contributed by atoms with Crippen LogP contribution in [0.1, 0.15) is 31.1 Å². The van der Waals surface area contributed by atoms with E-state index in [9.17, 15) is 18.0 Å². The summed E-state index contributed by atoms with van der Waals surface area (Å²) in [5.41, 5.74) is 0.375. The van der Waals surface area contributed by atoms with Gasteiger partial charge in [-0.1, -0.05) is 0 Å². The van der Waals surface area contributed by atoms with Gasteiger partial charge >= 0.3 is 6.09 Å². The number of hydrogen-bond acceptors (Lipinski definition) is 5. The zero-order valence-electron chi connectivity index (χ0n) is 14.0. The average molecular weight is 354 g/mol. The van der Waals surface area contributed by atoms with Crippen LogP contribution in [0.2, 0.25) is 0 Å². The molecule has 8 heteroatoms. The highest BCUT2D eigenvalue weighted by molar-refractivity contribution is 7.91. The lowest BCUT2D eigenvalue weighted by Gasteiger charge is -2.26. The SMILES string of the molecule is CC(C)(C)OC(=O)Nc1ccc(C(=O)N2CCS(=O)(=O)CC2)cc1. The van der Waals surface area contributed by atoms with Crippen LogP contribution in [-0.2, 0) is 14.6 Å². The van der Waals surface area contributed by atoms with E-state index in [1.165, 1.54) is 4.90 Å². The Hall–Kier alpha value is -2.09. The van der Waals surface area contributed by atoms with E-state index in [2.05, 4.69) is 5.32 Å². The molecule has 132 valence electrons. The molecule has 1 aliphatic rings. The number of ether oxygens (including phenoxy) is 1. The molecule has 1 aromatic carbocycles. The lowest BCUT2D eigenvalue weighted by molar-refractivity contribution is 0.0635. The van der Waals surface area contributed by atoms with Crippen LogP contribution < -0.4 is 5.32 Å². The smallest absolute Gasteiger partial charge is 0.412 e. The third kappa shape index (κ3) is 5.23. The lowest BCUT2D eigenvalue weighted by Crippen LogP contribution is -2.43. The fourth-order valence-electron chi connectivity index (χ4n) is 2.22. The molecule has 0 saturated carbocycles. The number of carbonyl (C=O) groups excluding carboxylic acids is 2. The molecular weight excluding hydrogens is 332 g/mol. The van der Waals surface area contributed by atoms with Crippen molar-refractivity contribution in [1.82, 2.24) is 4.90 Å². The lowest BCUT2D eigenvalue weighted by atomic mass is 10.1. The summed E-state index contributed by atoms with van der Waals surface area (Å²) in [6, 6.07) is 6.41. The Kier molecular flexibility index (Phi) is 5.17. The van der Waals surface area contributed by atoms with Gasteiger partial charge in [-0.05, 0) is 45.0 Å². The summed E-state index contributed by atoms with van der Waals surface area (Å²) >= 11 is 0. The van der Waals surface area contributed by atoms with Gasteiger partial charge in [0.15, 0.2) is 9.84 Å². The Labute approximate surface area is 141 Å². The first-order valence-electron chi connectivity index (χ1n) is 7.65. The number of benzene rings is 1. The standard InChI is InChI=1S/C16H22N2O5S/c1-16(2,3)23-15(20)17-13-6-4-12(5-7-13)14(19)18-8-10-24(21,22)11-9-18/h4-7H,8-11H2,1-3H3,(H,17,20). The van der Waals surface area contributed by atoms with Gasteiger partial charge in [0, 0.05) is 24.3 Å². The van der Waals surface area contributed by atoms with E-state index in [1.54, 1.807) is 45.0 Å². The van der Waals surface area contributed by atoms with Crippen molar-refractivity contribution in [2.45, 2.75) is 26.4 Å². The van der Waals surface area contributed by atoms with Gasteiger partial charge in [0.2, 0.25) is 0 Å². The third-order valence-corrected chi connectivity index (χ3v) is 5.02. The molecule has 0 bridgehead atoms. The molecule has 0 spiro atoms. The molecule has 0 atom stereocenters. The number of anilines is 1. The van der Waals surface area contributed by atoms with Crippen LogP contribution in [0, 0.1) is 0 Å². The third-order valence-electron chi connectivity index (χ3n) is 3.41. The first kappa shape index (κ1) is 18.3. The van der Waals surface area contributed by atoms with E-state index in [4.69, 9.17) is 4.74 Å². The van der Waals surface area contributed by atoms with E-state index >= 15 is 0 Å². The molecular formula is C16H22N2O5S. The summed E-state index contributed by atoms with van der Waals surface area (Å²) in [5, 5.41) is 2.59. The van der Waals surface area contributed by atoms with Crippen molar-refractivity contribution in [3.8, 4) is 0 Å². The molecule has 1 fully saturated rings. The second kappa shape index (κ2) is 6.80. The quantitative estimate of drug-likeness (QED) is 0.876. The van der Waals surface area contributed by atoms with Crippen molar-refractivity contribution < 1.29 is 22.7 Å². The molecule has 0 radical (unpaired) electrons. The summed E-state index contributed by atoms with van der Waals surface area (Å²) in [5.74, 6) is -0.220. The predicted octanol–water partition coefficient (Wildman–Crippen LogP) is 1.90. The van der Waals surface area contributed by atoms with Crippen LogP contribution in [0.4, 0.5) is 10.5 Å². The Balaban J connectivity index is 1.96. The number of nitrogens with zero attached hydrogens (tertiary/aromatic N) is 1. The van der Waals surface area contributed by atoms with Crippen LogP contribution >= 0.6 is 0 Å². The van der Waals surface area contributed by atoms with Crippen molar-refractivity contribution in [3.05, 3.63) is 29.8 Å². The summed E-state index contributed by atoms with van der Waals surface area (Å²) in [6.07, 6.45) is -0.567. The fourth-order valence-corrected chi connectivity index (χ4v) is 3.42. The number of nitrogens with one attached hydrogen (secondary N) is 1. The monoisotopic (exact) mass is 354 g/mol. The van der Waals surface area contributed by atoms with E-state index in [0.29, 0.717) is 11.3 Å². The highest BCUT2D eigenvalue weighted by Gasteiger charge is 2.25. The van der Waals surface area contributed by atoms with Gasteiger partial charge in [-0.3, -0.25) is 10.1 Å². The maximum absolute atomic E-state index is 12.4. The maximum Gasteiger partial charge on any atom is 0.412 e. The van der Waals surface area contributed by atoms with Gasteiger partial charge in [-0.2, -0.15) is 0 Å². The van der Waals surface area contributed by atoms with Crippen molar-refractivity contribution in [2.24, 2.45) is 0 Å². The molecule has 1 heterocycles. The van der Waals surface area contributed by atoms with Gasteiger partial charge in [0.25, 0.3) is 5.91 Å². The van der Waals surface area contributed by atoms with Crippen molar-refractivity contribution in [1.29, 1.82) is 0 Å². The zero-order chi connectivity index (χ0) is 18.0. The Morgan fingerprint density at radius 1 is 1.08 bits per heavy atom. The fraction of sp³-hybridized carbons (Fsp3) is 0.500. The molecule has 2 rings (SSSR count). The summed E-state index contributed by atoms with van der Waals surface area (Å²) < 4.78 is 28.0. The van der Waals surface area contributed by atoms with Crippen molar-refractivity contribution in [3.63, 3.8) is 0 Å². The van der Waals surface area contributed by atoms with Gasteiger partial charge in [0.1, 0.15) is 5.60 Å². The first-order chi connectivity index (χ1) is 11.1.